The van der Waals surface area contributed by atoms with Crippen molar-refractivity contribution in [1.82, 2.24) is 10.1 Å². The lowest BCUT2D eigenvalue weighted by atomic mass is 10.0. The summed E-state index contributed by atoms with van der Waals surface area (Å²) in [5.74, 6) is -0.341. The SMILES string of the molecule is Cc1ccc(Cl)c(C(C(=O)O)N(C)Cc2cc(C)no2)c1. The first-order valence-electron chi connectivity index (χ1n) is 6.49. The van der Waals surface area contributed by atoms with Gasteiger partial charge in [0.1, 0.15) is 6.04 Å². The zero-order valence-electron chi connectivity index (χ0n) is 12.1. The smallest absolute Gasteiger partial charge is 0.325 e. The molecule has 1 heterocycles. The molecule has 0 radical (unpaired) electrons. The number of nitrogens with zero attached hydrogens (tertiary/aromatic N) is 2. The molecule has 2 rings (SSSR count). The van der Waals surface area contributed by atoms with Crippen LogP contribution in [0.4, 0.5) is 0 Å². The van der Waals surface area contributed by atoms with E-state index in [1.54, 1.807) is 30.1 Å². The number of carbonyl (C=O) groups is 1. The molecule has 1 unspecified atom stereocenters. The molecule has 1 atom stereocenters. The van der Waals surface area contributed by atoms with Crippen molar-refractivity contribution in [3.63, 3.8) is 0 Å². The van der Waals surface area contributed by atoms with Crippen LogP contribution in [-0.4, -0.2) is 28.2 Å². The molecule has 0 aliphatic rings. The molecular weight excluding hydrogens is 292 g/mol. The third kappa shape index (κ3) is 3.62. The van der Waals surface area contributed by atoms with Gasteiger partial charge in [0.15, 0.2) is 5.76 Å². The second-order valence-electron chi connectivity index (χ2n) is 5.12. The average Bonchev–Trinajstić information content (AvgIpc) is 2.79. The standard InChI is InChI=1S/C15H17ClN2O3/c1-9-4-5-13(16)12(6-9)14(15(19)20)18(3)8-11-7-10(2)17-21-11/h4-7,14H,8H2,1-3H3,(H,19,20). The van der Waals surface area contributed by atoms with Gasteiger partial charge in [-0.15, -0.1) is 0 Å². The molecule has 1 N–H and O–H groups in total. The fourth-order valence-electron chi connectivity index (χ4n) is 2.26. The summed E-state index contributed by atoms with van der Waals surface area (Å²) in [6.07, 6.45) is 0. The fraction of sp³-hybridized carbons (Fsp3) is 0.333. The summed E-state index contributed by atoms with van der Waals surface area (Å²) < 4.78 is 5.14. The van der Waals surface area contributed by atoms with Crippen LogP contribution >= 0.6 is 11.6 Å². The van der Waals surface area contributed by atoms with E-state index in [0.29, 0.717) is 22.9 Å². The molecule has 0 aliphatic heterocycles. The van der Waals surface area contributed by atoms with Crippen molar-refractivity contribution in [2.24, 2.45) is 0 Å². The third-order valence-electron chi connectivity index (χ3n) is 3.20. The van der Waals surface area contributed by atoms with E-state index in [2.05, 4.69) is 5.16 Å². The maximum absolute atomic E-state index is 11.7. The van der Waals surface area contributed by atoms with Gasteiger partial charge in [-0.05, 0) is 32.5 Å². The second-order valence-corrected chi connectivity index (χ2v) is 5.52. The third-order valence-corrected chi connectivity index (χ3v) is 3.55. The van der Waals surface area contributed by atoms with E-state index in [-0.39, 0.29) is 0 Å². The molecule has 0 aliphatic carbocycles. The van der Waals surface area contributed by atoms with Crippen LogP contribution in [0.1, 0.15) is 28.6 Å². The number of halogens is 1. The number of hydrogen-bond donors (Lipinski definition) is 1. The molecule has 0 fully saturated rings. The van der Waals surface area contributed by atoms with Crippen molar-refractivity contribution in [2.75, 3.05) is 7.05 Å². The number of aliphatic carboxylic acids is 1. The minimum absolute atomic E-state index is 0.335. The molecule has 1 aromatic heterocycles. The lowest BCUT2D eigenvalue weighted by molar-refractivity contribution is -0.143. The van der Waals surface area contributed by atoms with Gasteiger partial charge in [0.05, 0.1) is 12.2 Å². The molecule has 21 heavy (non-hydrogen) atoms. The monoisotopic (exact) mass is 308 g/mol. The summed E-state index contributed by atoms with van der Waals surface area (Å²) in [5.41, 5.74) is 2.30. The molecule has 6 heteroatoms. The maximum Gasteiger partial charge on any atom is 0.325 e. The Morgan fingerprint density at radius 3 is 2.71 bits per heavy atom. The van der Waals surface area contributed by atoms with E-state index in [0.717, 1.165) is 11.3 Å². The van der Waals surface area contributed by atoms with Crippen molar-refractivity contribution >= 4 is 17.6 Å². The highest BCUT2D eigenvalue weighted by Crippen LogP contribution is 2.29. The van der Waals surface area contributed by atoms with Gasteiger partial charge in [-0.3, -0.25) is 9.69 Å². The number of hydrogen-bond acceptors (Lipinski definition) is 4. The van der Waals surface area contributed by atoms with Crippen LogP contribution < -0.4 is 0 Å². The zero-order valence-corrected chi connectivity index (χ0v) is 12.9. The van der Waals surface area contributed by atoms with Crippen molar-refractivity contribution in [2.45, 2.75) is 26.4 Å². The van der Waals surface area contributed by atoms with Gasteiger partial charge < -0.3 is 9.63 Å². The summed E-state index contributed by atoms with van der Waals surface area (Å²) in [6.45, 7) is 4.06. The summed E-state index contributed by atoms with van der Waals surface area (Å²) >= 11 is 6.16. The Hall–Kier alpha value is -1.85. The van der Waals surface area contributed by atoms with Crippen LogP contribution in [0.5, 0.6) is 0 Å². The molecular formula is C15H17ClN2O3. The Balaban J connectivity index is 2.30. The van der Waals surface area contributed by atoms with Crippen molar-refractivity contribution in [1.29, 1.82) is 0 Å². The zero-order chi connectivity index (χ0) is 15.6. The lowest BCUT2D eigenvalue weighted by Crippen LogP contribution is -2.30. The molecule has 0 amide bonds. The Kier molecular flexibility index (Phi) is 4.65. The average molecular weight is 309 g/mol. The summed E-state index contributed by atoms with van der Waals surface area (Å²) in [7, 11) is 1.72. The molecule has 0 spiro atoms. The van der Waals surface area contributed by atoms with Crippen molar-refractivity contribution < 1.29 is 14.4 Å². The van der Waals surface area contributed by atoms with Crippen molar-refractivity contribution in [3.05, 3.63) is 51.9 Å². The Bertz CT molecular complexity index is 654. The second kappa shape index (κ2) is 6.28. The number of rotatable bonds is 5. The first-order valence-corrected chi connectivity index (χ1v) is 6.87. The predicted octanol–water partition coefficient (Wildman–Crippen LogP) is 3.20. The largest absolute Gasteiger partial charge is 0.480 e. The number of benzene rings is 1. The van der Waals surface area contributed by atoms with E-state index >= 15 is 0 Å². The highest BCUT2D eigenvalue weighted by molar-refractivity contribution is 6.31. The minimum atomic E-state index is -0.957. The molecule has 5 nitrogen and oxygen atoms in total. The topological polar surface area (TPSA) is 66.6 Å². The van der Waals surface area contributed by atoms with Gasteiger partial charge >= 0.3 is 5.97 Å². The van der Waals surface area contributed by atoms with Crippen LogP contribution in [0.2, 0.25) is 5.02 Å². The number of carboxylic acids is 1. The predicted molar refractivity (Wildman–Crippen MR) is 79.3 cm³/mol. The van der Waals surface area contributed by atoms with Crippen LogP contribution in [0.3, 0.4) is 0 Å². The van der Waals surface area contributed by atoms with Gasteiger partial charge in [0.25, 0.3) is 0 Å². The van der Waals surface area contributed by atoms with Crippen molar-refractivity contribution in [3.8, 4) is 0 Å². The molecule has 1 aromatic carbocycles. The number of aryl methyl sites for hydroxylation is 2. The first-order chi connectivity index (χ1) is 9.88. The minimum Gasteiger partial charge on any atom is -0.480 e. The molecule has 0 saturated heterocycles. The van der Waals surface area contributed by atoms with Gasteiger partial charge in [-0.2, -0.15) is 0 Å². The van der Waals surface area contributed by atoms with Crippen LogP contribution in [0.15, 0.2) is 28.8 Å². The van der Waals surface area contributed by atoms with Gasteiger partial charge in [0, 0.05) is 11.1 Å². The Morgan fingerprint density at radius 2 is 2.14 bits per heavy atom. The van der Waals surface area contributed by atoms with E-state index in [1.807, 2.05) is 19.9 Å². The highest BCUT2D eigenvalue weighted by atomic mass is 35.5. The van der Waals surface area contributed by atoms with E-state index in [1.165, 1.54) is 0 Å². The van der Waals surface area contributed by atoms with Gasteiger partial charge in [-0.25, -0.2) is 0 Å². The van der Waals surface area contributed by atoms with Crippen LogP contribution in [0, 0.1) is 13.8 Å². The summed E-state index contributed by atoms with van der Waals surface area (Å²) in [5, 5.41) is 13.8. The quantitative estimate of drug-likeness (QED) is 0.918. The van der Waals surface area contributed by atoms with E-state index in [9.17, 15) is 9.90 Å². The normalized spacial score (nSPS) is 12.6. The molecule has 0 saturated carbocycles. The van der Waals surface area contributed by atoms with Gasteiger partial charge in [-0.1, -0.05) is 34.5 Å². The van der Waals surface area contributed by atoms with E-state index in [4.69, 9.17) is 16.1 Å². The highest BCUT2D eigenvalue weighted by Gasteiger charge is 2.27. The fourth-order valence-corrected chi connectivity index (χ4v) is 2.48. The Labute approximate surface area is 128 Å². The molecule has 0 bridgehead atoms. The lowest BCUT2D eigenvalue weighted by Gasteiger charge is -2.24. The summed E-state index contributed by atoms with van der Waals surface area (Å²) in [4.78, 5) is 13.3. The van der Waals surface area contributed by atoms with Crippen LogP contribution in [-0.2, 0) is 11.3 Å². The van der Waals surface area contributed by atoms with Crippen LogP contribution in [0.25, 0.3) is 0 Å². The first kappa shape index (κ1) is 15.5. The number of likely N-dealkylation sites (N-methyl/N-ethyl adjacent to an activating group) is 1. The Morgan fingerprint density at radius 1 is 1.43 bits per heavy atom. The number of carboxylic acid groups (broad SMARTS) is 1. The molecule has 112 valence electrons. The number of aromatic nitrogens is 1. The molecule has 2 aromatic rings. The summed E-state index contributed by atoms with van der Waals surface area (Å²) in [6, 6.07) is 6.30. The maximum atomic E-state index is 11.7. The van der Waals surface area contributed by atoms with Gasteiger partial charge in [0.2, 0.25) is 0 Å². The van der Waals surface area contributed by atoms with E-state index < -0.39 is 12.0 Å².